The lowest BCUT2D eigenvalue weighted by Crippen LogP contribution is -2.49. The van der Waals surface area contributed by atoms with Gasteiger partial charge in [0.15, 0.2) is 11.6 Å². The number of aliphatic imine (C=N–C) groups is 1. The molecule has 0 spiro atoms. The van der Waals surface area contributed by atoms with Crippen molar-refractivity contribution in [1.82, 2.24) is 9.80 Å². The fourth-order valence-electron chi connectivity index (χ4n) is 3.08. The Balaban J connectivity index is 1.78. The highest BCUT2D eigenvalue weighted by atomic mass is 35.5. The summed E-state index contributed by atoms with van der Waals surface area (Å²) in [6, 6.07) is 12.2. The third kappa shape index (κ3) is 6.57. The maximum atomic E-state index is 14.4. The zero-order chi connectivity index (χ0) is 22.4. The minimum Gasteiger partial charge on any atom is -0.488 e. The maximum Gasteiger partial charge on any atom is 0.319 e. The number of carbonyl (C=O) groups excluding carboxylic acids is 1. The van der Waals surface area contributed by atoms with E-state index < -0.39 is 5.82 Å². The van der Waals surface area contributed by atoms with E-state index >= 15 is 0 Å². The Morgan fingerprint density at radius 3 is 2.65 bits per heavy atom. The number of hydrogen-bond donors (Lipinski definition) is 1. The molecule has 1 heterocycles. The lowest BCUT2D eigenvalue weighted by atomic mass is 10.2. The molecule has 0 bridgehead atoms. The zero-order valence-electron chi connectivity index (χ0n) is 17.8. The summed E-state index contributed by atoms with van der Waals surface area (Å²) < 4.78 is 24.6. The van der Waals surface area contributed by atoms with Gasteiger partial charge in [-0.05, 0) is 43.7 Å². The molecule has 2 aromatic carbocycles. The van der Waals surface area contributed by atoms with Crippen molar-refractivity contribution in [2.45, 2.75) is 26.5 Å². The van der Waals surface area contributed by atoms with Gasteiger partial charge in [-0.1, -0.05) is 23.7 Å². The van der Waals surface area contributed by atoms with Gasteiger partial charge in [-0.25, -0.2) is 9.38 Å². The molecule has 2 aromatic rings. The number of carbonyl (C=O) groups is 1. The summed E-state index contributed by atoms with van der Waals surface area (Å²) in [4.78, 5) is 20.1. The first-order valence-electron chi connectivity index (χ1n) is 9.90. The molecule has 9 heteroatoms. The quantitative estimate of drug-likeness (QED) is 0.647. The number of anilines is 1. The first-order valence-corrected chi connectivity index (χ1v) is 10.3. The van der Waals surface area contributed by atoms with Crippen LogP contribution >= 0.6 is 11.6 Å². The fraction of sp³-hybridized carbons (Fsp3) is 0.364. The van der Waals surface area contributed by atoms with Gasteiger partial charge >= 0.3 is 5.97 Å². The molecule has 1 aliphatic heterocycles. The van der Waals surface area contributed by atoms with Crippen LogP contribution in [-0.4, -0.2) is 54.8 Å². The molecule has 166 valence electrons. The van der Waals surface area contributed by atoms with Crippen LogP contribution in [-0.2, 0) is 16.1 Å². The Morgan fingerprint density at radius 1 is 1.26 bits per heavy atom. The summed E-state index contributed by atoms with van der Waals surface area (Å²) in [5.74, 6) is -0.00561. The van der Waals surface area contributed by atoms with Gasteiger partial charge in [0, 0.05) is 23.3 Å². The predicted molar refractivity (Wildman–Crippen MR) is 119 cm³/mol. The molecule has 0 fully saturated rings. The number of rotatable bonds is 7. The molecule has 0 amide bonds. The predicted octanol–water partition coefficient (Wildman–Crippen LogP) is 3.94. The summed E-state index contributed by atoms with van der Waals surface area (Å²) in [6.45, 7) is 5.10. The standard InChI is InChI=1S/C22H26ClFN4O3/c1-15(2)31-20-9-8-18(10-19(20)24)26-22-25-13-27(12-21(29)30-3)14-28(22)11-16-4-6-17(23)7-5-16/h4-10,15H,11-14H2,1-3H3,(H,25,26). The van der Waals surface area contributed by atoms with E-state index in [2.05, 4.69) is 10.3 Å². The lowest BCUT2D eigenvalue weighted by Gasteiger charge is -2.35. The zero-order valence-corrected chi connectivity index (χ0v) is 18.5. The van der Waals surface area contributed by atoms with Gasteiger partial charge in [0.05, 0.1) is 33.1 Å². The number of halogens is 2. The van der Waals surface area contributed by atoms with Gasteiger partial charge in [0.2, 0.25) is 5.96 Å². The van der Waals surface area contributed by atoms with Crippen LogP contribution in [0.15, 0.2) is 47.5 Å². The van der Waals surface area contributed by atoms with E-state index in [1.54, 1.807) is 12.1 Å². The molecule has 1 N–H and O–H groups in total. The smallest absolute Gasteiger partial charge is 0.319 e. The topological polar surface area (TPSA) is 66.4 Å². The van der Waals surface area contributed by atoms with Crippen molar-refractivity contribution in [2.75, 3.05) is 32.3 Å². The highest BCUT2D eigenvalue weighted by Crippen LogP contribution is 2.23. The largest absolute Gasteiger partial charge is 0.488 e. The summed E-state index contributed by atoms with van der Waals surface area (Å²) in [5, 5.41) is 3.84. The van der Waals surface area contributed by atoms with Gasteiger partial charge < -0.3 is 19.7 Å². The molecule has 3 rings (SSSR count). The van der Waals surface area contributed by atoms with Gasteiger partial charge in [-0.2, -0.15) is 0 Å². The SMILES string of the molecule is COC(=O)CN1CN=C(Nc2ccc(OC(C)C)c(F)c2)N(Cc2ccc(Cl)cc2)C1. The van der Waals surface area contributed by atoms with E-state index in [1.165, 1.54) is 13.2 Å². The molecular formula is C22H26ClFN4O3. The Bertz CT molecular complexity index is 937. The molecule has 0 atom stereocenters. The van der Waals surface area contributed by atoms with Crippen LogP contribution in [0.1, 0.15) is 19.4 Å². The van der Waals surface area contributed by atoms with Crippen molar-refractivity contribution >= 4 is 29.2 Å². The van der Waals surface area contributed by atoms with Crippen molar-refractivity contribution in [3.05, 3.63) is 58.9 Å². The second-order valence-corrected chi connectivity index (χ2v) is 7.87. The van der Waals surface area contributed by atoms with Gasteiger partial charge in [-0.15, -0.1) is 0 Å². The number of hydrogen-bond acceptors (Lipinski definition) is 7. The van der Waals surface area contributed by atoms with Crippen molar-refractivity contribution in [1.29, 1.82) is 0 Å². The number of nitrogens with one attached hydrogen (secondary N) is 1. The minimum absolute atomic E-state index is 0.119. The molecular weight excluding hydrogens is 423 g/mol. The Hall–Kier alpha value is -2.84. The van der Waals surface area contributed by atoms with Crippen LogP contribution < -0.4 is 10.1 Å². The average molecular weight is 449 g/mol. The monoisotopic (exact) mass is 448 g/mol. The normalized spacial score (nSPS) is 14.4. The summed E-state index contributed by atoms with van der Waals surface area (Å²) >= 11 is 5.99. The number of nitrogens with zero attached hydrogens (tertiary/aromatic N) is 3. The Labute approximate surface area is 186 Å². The molecule has 1 aliphatic rings. The second kappa shape index (κ2) is 10.5. The molecule has 0 saturated heterocycles. The van der Waals surface area contributed by atoms with Crippen LogP contribution in [0.5, 0.6) is 5.75 Å². The lowest BCUT2D eigenvalue weighted by molar-refractivity contribution is -0.142. The molecule has 7 nitrogen and oxygen atoms in total. The van der Waals surface area contributed by atoms with Crippen LogP contribution in [0.4, 0.5) is 10.1 Å². The van der Waals surface area contributed by atoms with Crippen LogP contribution in [0.2, 0.25) is 5.02 Å². The van der Waals surface area contributed by atoms with Crippen molar-refractivity contribution in [2.24, 2.45) is 4.99 Å². The molecule has 0 aliphatic carbocycles. The van der Waals surface area contributed by atoms with E-state index in [4.69, 9.17) is 21.1 Å². The van der Waals surface area contributed by atoms with E-state index in [0.717, 1.165) is 5.56 Å². The van der Waals surface area contributed by atoms with Crippen molar-refractivity contribution in [3.8, 4) is 5.75 Å². The molecule has 0 aromatic heterocycles. The third-order valence-electron chi connectivity index (χ3n) is 4.51. The third-order valence-corrected chi connectivity index (χ3v) is 4.76. The fourth-order valence-corrected chi connectivity index (χ4v) is 3.20. The summed E-state index contributed by atoms with van der Waals surface area (Å²) in [7, 11) is 1.36. The highest BCUT2D eigenvalue weighted by molar-refractivity contribution is 6.30. The van der Waals surface area contributed by atoms with Gasteiger partial charge in [-0.3, -0.25) is 9.69 Å². The Morgan fingerprint density at radius 2 is 2.00 bits per heavy atom. The molecule has 0 unspecified atom stereocenters. The van der Waals surface area contributed by atoms with Crippen molar-refractivity contribution in [3.63, 3.8) is 0 Å². The summed E-state index contributed by atoms with van der Waals surface area (Å²) in [6.07, 6.45) is -0.119. The number of methoxy groups -OCH3 is 1. The highest BCUT2D eigenvalue weighted by Gasteiger charge is 2.23. The van der Waals surface area contributed by atoms with Gasteiger partial charge in [0.25, 0.3) is 0 Å². The summed E-state index contributed by atoms with van der Waals surface area (Å²) in [5.41, 5.74) is 1.57. The number of guanidine groups is 1. The van der Waals surface area contributed by atoms with E-state index in [-0.39, 0.29) is 24.4 Å². The minimum atomic E-state index is -0.452. The molecule has 0 saturated carbocycles. The van der Waals surface area contributed by atoms with E-state index in [0.29, 0.717) is 36.6 Å². The van der Waals surface area contributed by atoms with E-state index in [1.807, 2.05) is 47.9 Å². The van der Waals surface area contributed by atoms with Gasteiger partial charge in [0.1, 0.15) is 0 Å². The second-order valence-electron chi connectivity index (χ2n) is 7.43. The number of esters is 1. The number of ether oxygens (including phenoxy) is 2. The van der Waals surface area contributed by atoms with E-state index in [9.17, 15) is 9.18 Å². The Kier molecular flexibility index (Phi) is 7.70. The first-order chi connectivity index (χ1) is 14.8. The first kappa shape index (κ1) is 22.8. The maximum absolute atomic E-state index is 14.4. The average Bonchev–Trinajstić information content (AvgIpc) is 2.73. The van der Waals surface area contributed by atoms with Crippen molar-refractivity contribution < 1.29 is 18.7 Å². The van der Waals surface area contributed by atoms with Crippen LogP contribution in [0.25, 0.3) is 0 Å². The van der Waals surface area contributed by atoms with Crippen LogP contribution in [0, 0.1) is 5.82 Å². The molecule has 0 radical (unpaired) electrons. The number of benzene rings is 2. The van der Waals surface area contributed by atoms with Crippen LogP contribution in [0.3, 0.4) is 0 Å². The molecule has 31 heavy (non-hydrogen) atoms.